The van der Waals surface area contributed by atoms with Crippen molar-refractivity contribution >= 4 is 11.6 Å². The van der Waals surface area contributed by atoms with Gasteiger partial charge in [0.25, 0.3) is 0 Å². The Kier molecular flexibility index (Phi) is 5.28. The number of fused-ring (bicyclic) bond motifs is 1. The SMILES string of the molecule is CC.CCC(=O)[C@H]1[C@H](C)CCC2=CC(=O)C=C[C@@]21C. The molecule has 0 aromatic carbocycles. The zero-order valence-corrected chi connectivity index (χ0v) is 12.8. The van der Waals surface area contributed by atoms with Gasteiger partial charge in [-0.3, -0.25) is 9.59 Å². The van der Waals surface area contributed by atoms with E-state index in [9.17, 15) is 9.59 Å². The van der Waals surface area contributed by atoms with Crippen LogP contribution in [0.1, 0.15) is 53.9 Å². The van der Waals surface area contributed by atoms with Crippen LogP contribution >= 0.6 is 0 Å². The number of rotatable bonds is 2. The van der Waals surface area contributed by atoms with E-state index in [-0.39, 0.29) is 17.1 Å². The van der Waals surface area contributed by atoms with Crippen molar-refractivity contribution in [1.82, 2.24) is 0 Å². The molecule has 0 aromatic heterocycles. The maximum atomic E-state index is 12.2. The highest BCUT2D eigenvalue weighted by Crippen LogP contribution is 2.50. The summed E-state index contributed by atoms with van der Waals surface area (Å²) in [5.74, 6) is 0.832. The molecular weight excluding hydrogens is 236 g/mol. The molecule has 106 valence electrons. The van der Waals surface area contributed by atoms with Gasteiger partial charge in [0.05, 0.1) is 0 Å². The van der Waals surface area contributed by atoms with Crippen LogP contribution in [0.15, 0.2) is 23.8 Å². The molecule has 0 saturated heterocycles. The molecule has 0 radical (unpaired) electrons. The number of ketones is 2. The van der Waals surface area contributed by atoms with Crippen LogP contribution in [-0.4, -0.2) is 11.6 Å². The van der Waals surface area contributed by atoms with E-state index < -0.39 is 0 Å². The molecule has 1 saturated carbocycles. The molecule has 0 N–H and O–H groups in total. The van der Waals surface area contributed by atoms with Gasteiger partial charge < -0.3 is 0 Å². The topological polar surface area (TPSA) is 34.1 Å². The third-order valence-corrected chi connectivity index (χ3v) is 4.38. The van der Waals surface area contributed by atoms with Crippen molar-refractivity contribution in [3.63, 3.8) is 0 Å². The smallest absolute Gasteiger partial charge is 0.178 e. The highest BCUT2D eigenvalue weighted by Gasteiger charge is 2.46. The van der Waals surface area contributed by atoms with Crippen molar-refractivity contribution in [1.29, 1.82) is 0 Å². The summed E-state index contributed by atoms with van der Waals surface area (Å²) < 4.78 is 0. The van der Waals surface area contributed by atoms with E-state index in [4.69, 9.17) is 0 Å². The van der Waals surface area contributed by atoms with Crippen molar-refractivity contribution in [3.05, 3.63) is 23.8 Å². The van der Waals surface area contributed by atoms with Crippen molar-refractivity contribution in [2.75, 3.05) is 0 Å². The standard InChI is InChI=1S/C15H20O2.C2H6/c1-4-13(17)14-10(2)5-6-11-9-12(16)7-8-15(11,14)3;1-2/h7-10,14H,4-6H2,1-3H3;1-2H3/t10-,14-,15+;/m1./s1. The van der Waals surface area contributed by atoms with E-state index in [2.05, 4.69) is 13.8 Å². The Balaban J connectivity index is 0.000000861. The van der Waals surface area contributed by atoms with Crippen LogP contribution in [0.4, 0.5) is 0 Å². The minimum atomic E-state index is -0.224. The van der Waals surface area contributed by atoms with Gasteiger partial charge >= 0.3 is 0 Å². The fraction of sp³-hybridized carbons (Fsp3) is 0.647. The van der Waals surface area contributed by atoms with Crippen molar-refractivity contribution in [2.24, 2.45) is 17.3 Å². The molecule has 2 rings (SSSR count). The first-order chi connectivity index (χ1) is 8.99. The van der Waals surface area contributed by atoms with E-state index in [0.717, 1.165) is 18.4 Å². The van der Waals surface area contributed by atoms with Crippen LogP contribution in [0.2, 0.25) is 0 Å². The summed E-state index contributed by atoms with van der Waals surface area (Å²) in [6.07, 6.45) is 7.86. The van der Waals surface area contributed by atoms with Gasteiger partial charge in [0.1, 0.15) is 5.78 Å². The van der Waals surface area contributed by atoms with E-state index in [1.54, 1.807) is 12.2 Å². The third kappa shape index (κ3) is 2.88. The van der Waals surface area contributed by atoms with Crippen molar-refractivity contribution in [3.8, 4) is 0 Å². The summed E-state index contributed by atoms with van der Waals surface area (Å²) in [5.41, 5.74) is 0.925. The lowest BCUT2D eigenvalue weighted by molar-refractivity contribution is -0.128. The quantitative estimate of drug-likeness (QED) is 0.750. The van der Waals surface area contributed by atoms with E-state index in [1.807, 2.05) is 26.8 Å². The van der Waals surface area contributed by atoms with Crippen molar-refractivity contribution < 1.29 is 9.59 Å². The molecular formula is C17H26O2. The lowest BCUT2D eigenvalue weighted by Crippen LogP contribution is -2.42. The van der Waals surface area contributed by atoms with Crippen LogP contribution in [0.25, 0.3) is 0 Å². The number of hydrogen-bond acceptors (Lipinski definition) is 2. The molecule has 0 aromatic rings. The van der Waals surface area contributed by atoms with Crippen LogP contribution in [0, 0.1) is 17.3 Å². The van der Waals surface area contributed by atoms with E-state index >= 15 is 0 Å². The molecule has 2 aliphatic rings. The first kappa shape index (κ1) is 15.9. The Bertz CT molecular complexity index is 417. The molecule has 2 aliphatic carbocycles. The molecule has 0 bridgehead atoms. The van der Waals surface area contributed by atoms with Gasteiger partial charge in [-0.2, -0.15) is 0 Å². The zero-order chi connectivity index (χ0) is 14.6. The minimum absolute atomic E-state index is 0.0387. The molecule has 2 heteroatoms. The van der Waals surface area contributed by atoms with Gasteiger partial charge in [-0.15, -0.1) is 0 Å². The average Bonchev–Trinajstić information content (AvgIpc) is 2.41. The monoisotopic (exact) mass is 262 g/mol. The molecule has 2 nitrogen and oxygen atoms in total. The Morgan fingerprint density at radius 2 is 2.05 bits per heavy atom. The molecule has 0 unspecified atom stereocenters. The third-order valence-electron chi connectivity index (χ3n) is 4.38. The Hall–Kier alpha value is -1.18. The molecule has 0 amide bonds. The second kappa shape index (κ2) is 6.31. The first-order valence-electron chi connectivity index (χ1n) is 7.46. The number of hydrogen-bond donors (Lipinski definition) is 0. The average molecular weight is 262 g/mol. The summed E-state index contributed by atoms with van der Waals surface area (Å²) in [6, 6.07) is 0. The second-order valence-electron chi connectivity index (χ2n) is 5.50. The highest BCUT2D eigenvalue weighted by atomic mass is 16.1. The zero-order valence-electron chi connectivity index (χ0n) is 12.8. The maximum absolute atomic E-state index is 12.2. The van der Waals surface area contributed by atoms with E-state index in [1.165, 1.54) is 0 Å². The highest BCUT2D eigenvalue weighted by molar-refractivity contribution is 6.01. The predicted octanol–water partition coefficient (Wildman–Crippen LogP) is 4.11. The normalized spacial score (nSPS) is 32.9. The Labute approximate surface area is 117 Å². The second-order valence-corrected chi connectivity index (χ2v) is 5.50. The maximum Gasteiger partial charge on any atom is 0.178 e. The molecule has 0 aliphatic heterocycles. The number of Topliss-reactive ketones (excluding diaryl/α,β-unsaturated/α-hetero) is 1. The Morgan fingerprint density at radius 3 is 2.63 bits per heavy atom. The van der Waals surface area contributed by atoms with Crippen molar-refractivity contribution in [2.45, 2.75) is 53.9 Å². The van der Waals surface area contributed by atoms with Gasteiger partial charge in [0.15, 0.2) is 5.78 Å². The van der Waals surface area contributed by atoms with Gasteiger partial charge in [-0.05, 0) is 30.9 Å². The lowest BCUT2D eigenvalue weighted by Gasteiger charge is -2.45. The summed E-state index contributed by atoms with van der Waals surface area (Å²) in [7, 11) is 0. The Morgan fingerprint density at radius 1 is 1.42 bits per heavy atom. The molecule has 0 heterocycles. The van der Waals surface area contributed by atoms with Crippen LogP contribution in [-0.2, 0) is 9.59 Å². The largest absolute Gasteiger partial charge is 0.299 e. The first-order valence-corrected chi connectivity index (χ1v) is 7.46. The number of carbonyl (C=O) groups is 2. The number of allylic oxidation sites excluding steroid dienone is 4. The summed E-state index contributed by atoms with van der Waals surface area (Å²) >= 11 is 0. The fourth-order valence-electron chi connectivity index (χ4n) is 3.40. The minimum Gasteiger partial charge on any atom is -0.299 e. The lowest BCUT2D eigenvalue weighted by atomic mass is 9.57. The van der Waals surface area contributed by atoms with Gasteiger partial charge in [-0.1, -0.05) is 46.3 Å². The fourth-order valence-corrected chi connectivity index (χ4v) is 3.40. The van der Waals surface area contributed by atoms with Gasteiger partial charge in [-0.25, -0.2) is 0 Å². The van der Waals surface area contributed by atoms with Crippen LogP contribution in [0.5, 0.6) is 0 Å². The number of carbonyl (C=O) groups excluding carboxylic acids is 2. The van der Waals surface area contributed by atoms with Crippen LogP contribution < -0.4 is 0 Å². The van der Waals surface area contributed by atoms with E-state index in [0.29, 0.717) is 18.1 Å². The molecule has 19 heavy (non-hydrogen) atoms. The summed E-state index contributed by atoms with van der Waals surface area (Å²) in [4.78, 5) is 23.6. The van der Waals surface area contributed by atoms with Gasteiger partial charge in [0.2, 0.25) is 0 Å². The summed E-state index contributed by atoms with van der Waals surface area (Å²) in [6.45, 7) is 10.2. The van der Waals surface area contributed by atoms with Crippen LogP contribution in [0.3, 0.4) is 0 Å². The summed E-state index contributed by atoms with van der Waals surface area (Å²) in [5, 5.41) is 0. The van der Waals surface area contributed by atoms with Gasteiger partial charge in [0, 0.05) is 17.8 Å². The predicted molar refractivity (Wildman–Crippen MR) is 78.9 cm³/mol. The molecule has 0 spiro atoms. The molecule has 1 fully saturated rings. The molecule has 3 atom stereocenters.